The Morgan fingerprint density at radius 2 is 1.86 bits per heavy atom. The molecule has 4 rings (SSSR count). The fraction of sp³-hybridized carbons (Fsp3) is 0.478. The van der Waals surface area contributed by atoms with Gasteiger partial charge < -0.3 is 10.2 Å². The molecule has 5 nitrogen and oxygen atoms in total. The molecule has 1 aromatic heterocycles. The van der Waals surface area contributed by atoms with Crippen LogP contribution in [0.3, 0.4) is 0 Å². The molecule has 28 heavy (non-hydrogen) atoms. The zero-order valence-electron chi connectivity index (χ0n) is 17.1. The van der Waals surface area contributed by atoms with Crippen molar-refractivity contribution < 1.29 is 4.79 Å². The Bertz CT molecular complexity index is 841. The van der Waals surface area contributed by atoms with Gasteiger partial charge >= 0.3 is 6.03 Å². The molecule has 0 aliphatic carbocycles. The van der Waals surface area contributed by atoms with Gasteiger partial charge in [0.05, 0.1) is 11.4 Å². The average molecular weight is 379 g/mol. The lowest BCUT2D eigenvalue weighted by Gasteiger charge is -2.35. The minimum atomic E-state index is -0.105. The van der Waals surface area contributed by atoms with Crippen LogP contribution in [0.15, 0.2) is 42.5 Å². The second-order valence-electron chi connectivity index (χ2n) is 8.70. The Labute approximate surface area is 167 Å². The van der Waals surface area contributed by atoms with Crippen molar-refractivity contribution in [3.63, 3.8) is 0 Å². The first-order chi connectivity index (χ1) is 13.4. The Morgan fingerprint density at radius 3 is 2.57 bits per heavy atom. The van der Waals surface area contributed by atoms with E-state index in [2.05, 4.69) is 49.5 Å². The molecule has 148 valence electrons. The van der Waals surface area contributed by atoms with Crippen LogP contribution in [0.5, 0.6) is 0 Å². The SMILES string of the molecule is Cc1ccc2c(n1)C(C)(C)CN2C(=O)N1CCC(NCc2ccccc2)CC1. The molecule has 2 aliphatic rings. The smallest absolute Gasteiger partial charge is 0.324 e. The monoisotopic (exact) mass is 378 g/mol. The summed E-state index contributed by atoms with van der Waals surface area (Å²) in [7, 11) is 0. The zero-order chi connectivity index (χ0) is 19.7. The van der Waals surface area contributed by atoms with Crippen molar-refractivity contribution in [1.29, 1.82) is 0 Å². The third-order valence-electron chi connectivity index (χ3n) is 5.93. The first kappa shape index (κ1) is 18.9. The third kappa shape index (κ3) is 3.76. The van der Waals surface area contributed by atoms with Gasteiger partial charge in [-0.15, -0.1) is 0 Å². The van der Waals surface area contributed by atoms with Crippen molar-refractivity contribution in [2.45, 2.75) is 51.6 Å². The fourth-order valence-corrected chi connectivity index (χ4v) is 4.29. The lowest BCUT2D eigenvalue weighted by molar-refractivity contribution is 0.182. The van der Waals surface area contributed by atoms with Crippen LogP contribution in [0.25, 0.3) is 0 Å². The molecule has 0 spiro atoms. The number of rotatable bonds is 3. The van der Waals surface area contributed by atoms with E-state index < -0.39 is 0 Å². The standard InChI is InChI=1S/C23H30N4O/c1-17-9-10-20-21(25-17)23(2,3)16-27(20)22(28)26-13-11-19(12-14-26)24-15-18-7-5-4-6-8-18/h4-10,19,24H,11-16H2,1-3H3. The summed E-state index contributed by atoms with van der Waals surface area (Å²) in [6.07, 6.45) is 1.99. The van der Waals surface area contributed by atoms with Gasteiger partial charge in [0, 0.05) is 43.3 Å². The van der Waals surface area contributed by atoms with Gasteiger partial charge in [-0.1, -0.05) is 44.2 Å². The molecular weight excluding hydrogens is 348 g/mol. The van der Waals surface area contributed by atoms with E-state index in [9.17, 15) is 4.79 Å². The van der Waals surface area contributed by atoms with Crippen molar-refractivity contribution in [2.24, 2.45) is 0 Å². The number of urea groups is 1. The molecule has 0 saturated carbocycles. The number of fused-ring (bicyclic) bond motifs is 1. The summed E-state index contributed by atoms with van der Waals surface area (Å²) in [5.74, 6) is 0. The molecule has 1 saturated heterocycles. The van der Waals surface area contributed by atoms with Gasteiger partial charge in [0.1, 0.15) is 0 Å². The minimum absolute atomic E-state index is 0.105. The van der Waals surface area contributed by atoms with Gasteiger partial charge in [-0.2, -0.15) is 0 Å². The summed E-state index contributed by atoms with van der Waals surface area (Å²) in [6.45, 7) is 9.54. The van der Waals surface area contributed by atoms with E-state index in [0.717, 1.165) is 49.6 Å². The van der Waals surface area contributed by atoms with E-state index >= 15 is 0 Å². The van der Waals surface area contributed by atoms with E-state index in [-0.39, 0.29) is 11.4 Å². The normalized spacial score (nSPS) is 19.0. The summed E-state index contributed by atoms with van der Waals surface area (Å²) < 4.78 is 0. The van der Waals surface area contributed by atoms with E-state index in [0.29, 0.717) is 12.6 Å². The number of hydrogen-bond donors (Lipinski definition) is 1. The molecule has 2 aromatic rings. The zero-order valence-corrected chi connectivity index (χ0v) is 17.1. The Kier molecular flexibility index (Phi) is 5.11. The number of benzene rings is 1. The fourth-order valence-electron chi connectivity index (χ4n) is 4.29. The second kappa shape index (κ2) is 7.55. The van der Waals surface area contributed by atoms with Gasteiger partial charge in [-0.3, -0.25) is 9.88 Å². The van der Waals surface area contributed by atoms with E-state index in [4.69, 9.17) is 4.98 Å². The summed E-state index contributed by atoms with van der Waals surface area (Å²) >= 11 is 0. The highest BCUT2D eigenvalue weighted by atomic mass is 16.2. The number of aryl methyl sites for hydroxylation is 1. The highest BCUT2D eigenvalue weighted by molar-refractivity contribution is 5.94. The Hall–Kier alpha value is -2.40. The van der Waals surface area contributed by atoms with Gasteiger partial charge in [0.15, 0.2) is 0 Å². The molecule has 0 bridgehead atoms. The molecule has 1 aromatic carbocycles. The number of carbonyl (C=O) groups is 1. The van der Waals surface area contributed by atoms with Crippen LogP contribution in [0.1, 0.15) is 43.6 Å². The maximum atomic E-state index is 13.2. The van der Waals surface area contributed by atoms with Crippen LogP contribution in [0.2, 0.25) is 0 Å². The average Bonchev–Trinajstić information content (AvgIpc) is 2.97. The number of pyridine rings is 1. The van der Waals surface area contributed by atoms with E-state index in [1.54, 1.807) is 0 Å². The van der Waals surface area contributed by atoms with Crippen molar-refractivity contribution >= 4 is 11.7 Å². The number of piperidine rings is 1. The first-order valence-electron chi connectivity index (χ1n) is 10.3. The van der Waals surface area contributed by atoms with Crippen molar-refractivity contribution in [3.8, 4) is 0 Å². The topological polar surface area (TPSA) is 48.5 Å². The lowest BCUT2D eigenvalue weighted by atomic mass is 9.91. The predicted molar refractivity (Wildman–Crippen MR) is 113 cm³/mol. The van der Waals surface area contributed by atoms with Crippen molar-refractivity contribution in [2.75, 3.05) is 24.5 Å². The summed E-state index contributed by atoms with van der Waals surface area (Å²) in [5, 5.41) is 3.64. The summed E-state index contributed by atoms with van der Waals surface area (Å²) in [4.78, 5) is 21.9. The molecule has 0 unspecified atom stereocenters. The maximum absolute atomic E-state index is 13.2. The molecule has 3 heterocycles. The Morgan fingerprint density at radius 1 is 1.14 bits per heavy atom. The van der Waals surface area contributed by atoms with Crippen LogP contribution < -0.4 is 10.2 Å². The van der Waals surface area contributed by atoms with Crippen molar-refractivity contribution in [3.05, 3.63) is 59.4 Å². The molecule has 1 N–H and O–H groups in total. The number of likely N-dealkylation sites (tertiary alicyclic amines) is 1. The molecule has 5 heteroatoms. The highest BCUT2D eigenvalue weighted by Crippen LogP contribution is 2.39. The maximum Gasteiger partial charge on any atom is 0.324 e. The first-order valence-corrected chi connectivity index (χ1v) is 10.3. The number of hydrogen-bond acceptors (Lipinski definition) is 3. The Balaban J connectivity index is 1.36. The predicted octanol–water partition coefficient (Wildman–Crippen LogP) is 3.86. The van der Waals surface area contributed by atoms with Gasteiger partial charge in [0.2, 0.25) is 0 Å². The summed E-state index contributed by atoms with van der Waals surface area (Å²) in [6, 6.07) is 15.1. The third-order valence-corrected chi connectivity index (χ3v) is 5.93. The molecule has 2 aliphatic heterocycles. The van der Waals surface area contributed by atoms with Crippen LogP contribution in [-0.2, 0) is 12.0 Å². The molecule has 0 radical (unpaired) electrons. The quantitative estimate of drug-likeness (QED) is 0.882. The highest BCUT2D eigenvalue weighted by Gasteiger charge is 2.41. The second-order valence-corrected chi connectivity index (χ2v) is 8.70. The number of aromatic nitrogens is 1. The van der Waals surface area contributed by atoms with Gasteiger partial charge in [-0.05, 0) is 37.5 Å². The van der Waals surface area contributed by atoms with Crippen LogP contribution >= 0.6 is 0 Å². The minimum Gasteiger partial charge on any atom is -0.324 e. The molecule has 1 fully saturated rings. The number of amides is 2. The van der Waals surface area contributed by atoms with Gasteiger partial charge in [0.25, 0.3) is 0 Å². The number of nitrogens with one attached hydrogen (secondary N) is 1. The van der Waals surface area contributed by atoms with Crippen molar-refractivity contribution in [1.82, 2.24) is 15.2 Å². The summed E-state index contributed by atoms with van der Waals surface area (Å²) in [5.41, 5.74) is 4.23. The number of carbonyl (C=O) groups excluding carboxylic acids is 1. The molecule has 2 amide bonds. The van der Waals surface area contributed by atoms with Crippen LogP contribution in [0.4, 0.5) is 10.5 Å². The largest absolute Gasteiger partial charge is 0.324 e. The van der Waals surface area contributed by atoms with E-state index in [1.165, 1.54) is 5.56 Å². The molecule has 0 atom stereocenters. The van der Waals surface area contributed by atoms with Gasteiger partial charge in [-0.25, -0.2) is 4.79 Å². The van der Waals surface area contributed by atoms with E-state index in [1.807, 2.05) is 28.9 Å². The van der Waals surface area contributed by atoms with Crippen LogP contribution in [-0.4, -0.2) is 41.6 Å². The van der Waals surface area contributed by atoms with Crippen LogP contribution in [0, 0.1) is 6.92 Å². The number of nitrogens with zero attached hydrogens (tertiary/aromatic N) is 3. The number of anilines is 1. The lowest BCUT2D eigenvalue weighted by Crippen LogP contribution is -2.50. The molecular formula is C23H30N4O.